The van der Waals surface area contributed by atoms with E-state index in [9.17, 15) is 0 Å². The molecule has 5 nitrogen and oxygen atoms in total. The van der Waals surface area contributed by atoms with Crippen molar-refractivity contribution >= 4 is 0 Å². The molecule has 0 saturated carbocycles. The molecule has 0 aliphatic heterocycles. The van der Waals surface area contributed by atoms with Crippen LogP contribution in [0, 0.1) is 0 Å². The van der Waals surface area contributed by atoms with Gasteiger partial charge in [-0.25, -0.2) is 0 Å². The van der Waals surface area contributed by atoms with E-state index in [2.05, 4.69) is 45.1 Å². The van der Waals surface area contributed by atoms with Gasteiger partial charge in [0.15, 0.2) is 0 Å². The minimum atomic E-state index is 0.0508. The molecular formula is C14H19N5. The molecule has 19 heavy (non-hydrogen) atoms. The third-order valence-corrected chi connectivity index (χ3v) is 4.01. The molecular weight excluding hydrogens is 238 g/mol. The van der Waals surface area contributed by atoms with Crippen LogP contribution in [0.15, 0.2) is 30.5 Å². The van der Waals surface area contributed by atoms with Crippen molar-refractivity contribution in [2.45, 2.75) is 37.6 Å². The topological polar surface area (TPSA) is 79.6 Å². The van der Waals surface area contributed by atoms with Gasteiger partial charge in [-0.15, -0.1) is 0 Å². The summed E-state index contributed by atoms with van der Waals surface area (Å²) in [5.41, 5.74) is 6.69. The molecule has 1 aliphatic rings. The smallest absolute Gasteiger partial charge is 0.101 e. The summed E-state index contributed by atoms with van der Waals surface area (Å²) >= 11 is 0. The molecule has 1 aromatic carbocycles. The van der Waals surface area contributed by atoms with Crippen LogP contribution >= 0.6 is 0 Å². The summed E-state index contributed by atoms with van der Waals surface area (Å²) < 4.78 is 0. The lowest BCUT2D eigenvalue weighted by Crippen LogP contribution is -2.30. The maximum atomic E-state index is 5.67. The SMILES string of the molecule is NNC(CC1CCCc2ccccc21)c1cn[nH]n1. The molecule has 0 radical (unpaired) electrons. The fraction of sp³-hybridized carbons (Fsp3) is 0.429. The van der Waals surface area contributed by atoms with Gasteiger partial charge >= 0.3 is 0 Å². The van der Waals surface area contributed by atoms with Gasteiger partial charge in [0.05, 0.1) is 12.2 Å². The first-order valence-electron chi connectivity index (χ1n) is 6.78. The Morgan fingerprint density at radius 1 is 1.42 bits per heavy atom. The maximum absolute atomic E-state index is 5.67. The van der Waals surface area contributed by atoms with Crippen LogP contribution in [-0.2, 0) is 6.42 Å². The monoisotopic (exact) mass is 257 g/mol. The van der Waals surface area contributed by atoms with Crippen molar-refractivity contribution in [3.8, 4) is 0 Å². The number of hydrazine groups is 1. The van der Waals surface area contributed by atoms with Crippen molar-refractivity contribution in [3.05, 3.63) is 47.3 Å². The second-order valence-electron chi connectivity index (χ2n) is 5.14. The number of nitrogens with zero attached hydrogens (tertiary/aromatic N) is 2. The highest BCUT2D eigenvalue weighted by atomic mass is 15.3. The predicted molar refractivity (Wildman–Crippen MR) is 73.2 cm³/mol. The number of H-pyrrole nitrogens is 1. The first-order valence-corrected chi connectivity index (χ1v) is 6.78. The molecule has 2 atom stereocenters. The van der Waals surface area contributed by atoms with Crippen molar-refractivity contribution in [2.75, 3.05) is 0 Å². The number of benzene rings is 1. The highest BCUT2D eigenvalue weighted by Gasteiger charge is 2.24. The standard InChI is InChI=1S/C14H19N5/c15-17-13(14-9-16-19-18-14)8-11-6-3-5-10-4-1-2-7-12(10)11/h1-2,4,7,9,11,13,17H,3,5-6,8,15H2,(H,16,18,19). The van der Waals surface area contributed by atoms with Crippen LogP contribution in [-0.4, -0.2) is 15.4 Å². The molecule has 2 aromatic rings. The average molecular weight is 257 g/mol. The molecule has 2 unspecified atom stereocenters. The van der Waals surface area contributed by atoms with E-state index in [1.165, 1.54) is 30.4 Å². The highest BCUT2D eigenvalue weighted by Crippen LogP contribution is 2.36. The lowest BCUT2D eigenvalue weighted by atomic mass is 9.79. The van der Waals surface area contributed by atoms with E-state index in [0.717, 1.165) is 12.1 Å². The molecule has 4 N–H and O–H groups in total. The van der Waals surface area contributed by atoms with Crippen LogP contribution in [0.3, 0.4) is 0 Å². The number of fused-ring (bicyclic) bond motifs is 1. The summed E-state index contributed by atoms with van der Waals surface area (Å²) in [4.78, 5) is 0. The van der Waals surface area contributed by atoms with Crippen molar-refractivity contribution in [1.82, 2.24) is 20.8 Å². The van der Waals surface area contributed by atoms with Crippen LogP contribution in [0.1, 0.15) is 48.0 Å². The molecule has 1 aliphatic carbocycles. The van der Waals surface area contributed by atoms with Crippen LogP contribution in [0.2, 0.25) is 0 Å². The van der Waals surface area contributed by atoms with Gasteiger partial charge in [-0.2, -0.15) is 15.4 Å². The minimum Gasteiger partial charge on any atom is -0.271 e. The molecule has 0 saturated heterocycles. The van der Waals surface area contributed by atoms with Crippen molar-refractivity contribution in [3.63, 3.8) is 0 Å². The molecule has 1 heterocycles. The van der Waals surface area contributed by atoms with Crippen molar-refractivity contribution in [2.24, 2.45) is 5.84 Å². The summed E-state index contributed by atoms with van der Waals surface area (Å²) in [6, 6.07) is 8.78. The molecule has 0 spiro atoms. The van der Waals surface area contributed by atoms with Gasteiger partial charge in [0, 0.05) is 0 Å². The van der Waals surface area contributed by atoms with Crippen molar-refractivity contribution in [1.29, 1.82) is 0 Å². The van der Waals surface area contributed by atoms with Gasteiger partial charge in [-0.3, -0.25) is 11.3 Å². The summed E-state index contributed by atoms with van der Waals surface area (Å²) in [7, 11) is 0. The average Bonchev–Trinajstić information content (AvgIpc) is 2.99. The zero-order valence-electron chi connectivity index (χ0n) is 10.8. The number of aromatic nitrogens is 3. The summed E-state index contributed by atoms with van der Waals surface area (Å²) in [5.74, 6) is 6.21. The molecule has 0 bridgehead atoms. The molecule has 1 aromatic heterocycles. The lowest BCUT2D eigenvalue weighted by Gasteiger charge is -2.28. The van der Waals surface area contributed by atoms with E-state index in [0.29, 0.717) is 5.92 Å². The Labute approximate surface area is 112 Å². The Hall–Kier alpha value is -1.72. The number of aromatic amines is 1. The molecule has 3 rings (SSSR count). The van der Waals surface area contributed by atoms with E-state index in [4.69, 9.17) is 5.84 Å². The van der Waals surface area contributed by atoms with Gasteiger partial charge < -0.3 is 0 Å². The predicted octanol–water partition coefficient (Wildman–Crippen LogP) is 1.82. The van der Waals surface area contributed by atoms with E-state index >= 15 is 0 Å². The summed E-state index contributed by atoms with van der Waals surface area (Å²) in [5, 5.41) is 10.6. The molecule has 0 fully saturated rings. The van der Waals surface area contributed by atoms with Gasteiger partial charge in [0.1, 0.15) is 5.69 Å². The Morgan fingerprint density at radius 3 is 3.11 bits per heavy atom. The van der Waals surface area contributed by atoms with Gasteiger partial charge in [0.2, 0.25) is 0 Å². The van der Waals surface area contributed by atoms with Gasteiger partial charge in [0.25, 0.3) is 0 Å². The van der Waals surface area contributed by atoms with Crippen LogP contribution in [0.4, 0.5) is 0 Å². The Bertz CT molecular complexity index is 522. The van der Waals surface area contributed by atoms with E-state index in [-0.39, 0.29) is 6.04 Å². The second-order valence-corrected chi connectivity index (χ2v) is 5.14. The van der Waals surface area contributed by atoms with Gasteiger partial charge in [-0.1, -0.05) is 24.3 Å². The lowest BCUT2D eigenvalue weighted by molar-refractivity contribution is 0.419. The van der Waals surface area contributed by atoms with E-state index in [1.807, 2.05) is 0 Å². The van der Waals surface area contributed by atoms with Crippen LogP contribution in [0.25, 0.3) is 0 Å². The molecule has 100 valence electrons. The van der Waals surface area contributed by atoms with E-state index < -0.39 is 0 Å². The Kier molecular flexibility index (Phi) is 3.57. The highest BCUT2D eigenvalue weighted by molar-refractivity contribution is 5.32. The number of nitrogens with one attached hydrogen (secondary N) is 2. The second kappa shape index (κ2) is 5.50. The van der Waals surface area contributed by atoms with Gasteiger partial charge in [-0.05, 0) is 42.7 Å². The zero-order chi connectivity index (χ0) is 13.1. The number of hydrogen-bond donors (Lipinski definition) is 3. The fourth-order valence-electron chi connectivity index (χ4n) is 3.04. The maximum Gasteiger partial charge on any atom is 0.101 e. The third kappa shape index (κ3) is 2.52. The van der Waals surface area contributed by atoms with Crippen molar-refractivity contribution < 1.29 is 0 Å². The normalized spacial score (nSPS) is 19.9. The fourth-order valence-corrected chi connectivity index (χ4v) is 3.04. The molecule has 5 heteroatoms. The van der Waals surface area contributed by atoms with Crippen LogP contribution in [0.5, 0.6) is 0 Å². The summed E-state index contributed by atoms with van der Waals surface area (Å²) in [6.45, 7) is 0. The number of rotatable bonds is 4. The first kappa shape index (κ1) is 12.3. The molecule has 0 amide bonds. The largest absolute Gasteiger partial charge is 0.271 e. The Morgan fingerprint density at radius 2 is 2.32 bits per heavy atom. The number of hydrogen-bond acceptors (Lipinski definition) is 4. The number of aryl methyl sites for hydroxylation is 1. The minimum absolute atomic E-state index is 0.0508. The third-order valence-electron chi connectivity index (χ3n) is 4.01. The quantitative estimate of drug-likeness (QED) is 0.576. The first-order chi connectivity index (χ1) is 9.38. The number of nitrogens with two attached hydrogens (primary N) is 1. The Balaban J connectivity index is 1.80. The summed E-state index contributed by atoms with van der Waals surface area (Å²) in [6.07, 6.45) is 6.35. The van der Waals surface area contributed by atoms with E-state index in [1.54, 1.807) is 6.20 Å². The zero-order valence-corrected chi connectivity index (χ0v) is 10.8. The van der Waals surface area contributed by atoms with Crippen LogP contribution < -0.4 is 11.3 Å².